The first kappa shape index (κ1) is 17.8. The second kappa shape index (κ2) is 5.03. The van der Waals surface area contributed by atoms with Gasteiger partial charge in [-0.2, -0.15) is 0 Å². The molecule has 0 bridgehead atoms. The molecule has 0 spiro atoms. The standard InChI is InChI=1S/C20H30O4/c1-7-18(4)11-12(21)16-19(5)13(10-15(23)20(16,6)24-18)17(2,3)9-8-14(19)22/h7,10,14-16,22-23H,1,8-9,11H2,2-6H3/t14-,15-,16+,18-,19+,20+/m0/s1. The molecule has 0 aromatic heterocycles. The number of aliphatic hydroxyl groups is 2. The van der Waals surface area contributed by atoms with Crippen LogP contribution >= 0.6 is 0 Å². The summed E-state index contributed by atoms with van der Waals surface area (Å²) in [6.07, 6.45) is 3.68. The summed E-state index contributed by atoms with van der Waals surface area (Å²) in [5, 5.41) is 21.8. The molecule has 3 aliphatic rings. The van der Waals surface area contributed by atoms with Crippen molar-refractivity contribution in [3.8, 4) is 0 Å². The molecule has 6 atom stereocenters. The number of hydrogen-bond acceptors (Lipinski definition) is 4. The molecule has 1 saturated carbocycles. The van der Waals surface area contributed by atoms with Crippen LogP contribution in [0, 0.1) is 16.7 Å². The molecule has 134 valence electrons. The molecule has 1 saturated heterocycles. The second-order valence-electron chi connectivity index (χ2n) is 9.13. The van der Waals surface area contributed by atoms with Crippen molar-refractivity contribution in [2.45, 2.75) is 77.3 Å². The number of ether oxygens (including phenoxy) is 1. The molecule has 2 aliphatic carbocycles. The van der Waals surface area contributed by atoms with Crippen LogP contribution in [0.1, 0.15) is 53.9 Å². The smallest absolute Gasteiger partial charge is 0.143 e. The van der Waals surface area contributed by atoms with E-state index in [9.17, 15) is 15.0 Å². The van der Waals surface area contributed by atoms with Gasteiger partial charge in [0.2, 0.25) is 0 Å². The zero-order valence-electron chi connectivity index (χ0n) is 15.4. The largest absolute Gasteiger partial charge is 0.392 e. The third kappa shape index (κ3) is 2.12. The molecule has 1 aliphatic heterocycles. The average Bonchev–Trinajstić information content (AvgIpc) is 2.46. The van der Waals surface area contributed by atoms with E-state index >= 15 is 0 Å². The van der Waals surface area contributed by atoms with Crippen molar-refractivity contribution in [1.29, 1.82) is 0 Å². The zero-order valence-corrected chi connectivity index (χ0v) is 15.4. The van der Waals surface area contributed by atoms with Gasteiger partial charge in [0.15, 0.2) is 0 Å². The van der Waals surface area contributed by atoms with E-state index in [-0.39, 0.29) is 17.6 Å². The zero-order chi connectivity index (χ0) is 18.1. The van der Waals surface area contributed by atoms with Crippen LogP contribution in [-0.4, -0.2) is 39.4 Å². The SMILES string of the molecule is C=C[C@@]1(C)CC(=O)[C@H]2[C@](C)(O1)[C@@H](O)C=C1C(C)(C)CC[C@H](O)[C@@]12C. The van der Waals surface area contributed by atoms with E-state index in [2.05, 4.69) is 20.4 Å². The molecule has 0 amide bonds. The van der Waals surface area contributed by atoms with Crippen molar-refractivity contribution in [1.82, 2.24) is 0 Å². The highest BCUT2D eigenvalue weighted by Gasteiger charge is 2.66. The fourth-order valence-electron chi connectivity index (χ4n) is 5.56. The van der Waals surface area contributed by atoms with Gasteiger partial charge in [0.25, 0.3) is 0 Å². The molecule has 0 unspecified atom stereocenters. The number of fused-ring (bicyclic) bond motifs is 3. The normalized spacial score (nSPS) is 50.5. The van der Waals surface area contributed by atoms with E-state index in [1.165, 1.54) is 0 Å². The predicted molar refractivity (Wildman–Crippen MR) is 92.4 cm³/mol. The molecule has 0 aromatic rings. The molecule has 24 heavy (non-hydrogen) atoms. The van der Waals surface area contributed by atoms with E-state index in [1.807, 2.05) is 19.9 Å². The van der Waals surface area contributed by atoms with Crippen LogP contribution in [0.5, 0.6) is 0 Å². The quantitative estimate of drug-likeness (QED) is 0.724. The van der Waals surface area contributed by atoms with Crippen LogP contribution in [-0.2, 0) is 9.53 Å². The molecule has 4 heteroatoms. The fraction of sp³-hybridized carbons (Fsp3) is 0.750. The van der Waals surface area contributed by atoms with Gasteiger partial charge in [0.05, 0.1) is 17.6 Å². The molecule has 4 nitrogen and oxygen atoms in total. The Hall–Kier alpha value is -0.970. The highest BCUT2D eigenvalue weighted by molar-refractivity contribution is 5.86. The van der Waals surface area contributed by atoms with Crippen LogP contribution in [0.15, 0.2) is 24.3 Å². The van der Waals surface area contributed by atoms with Gasteiger partial charge in [-0.15, -0.1) is 6.58 Å². The third-order valence-corrected chi connectivity index (χ3v) is 6.86. The topological polar surface area (TPSA) is 66.8 Å². The van der Waals surface area contributed by atoms with Crippen molar-refractivity contribution in [2.24, 2.45) is 16.7 Å². The van der Waals surface area contributed by atoms with E-state index < -0.39 is 34.7 Å². The Balaban J connectivity index is 2.21. The lowest BCUT2D eigenvalue weighted by Crippen LogP contribution is -2.69. The fourth-order valence-corrected chi connectivity index (χ4v) is 5.56. The average molecular weight is 334 g/mol. The van der Waals surface area contributed by atoms with Gasteiger partial charge in [-0.1, -0.05) is 38.5 Å². The number of hydrogen-bond donors (Lipinski definition) is 2. The third-order valence-electron chi connectivity index (χ3n) is 6.86. The Bertz CT molecular complexity index is 621. The van der Waals surface area contributed by atoms with E-state index in [4.69, 9.17) is 4.74 Å². The van der Waals surface area contributed by atoms with Gasteiger partial charge in [-0.05, 0) is 32.1 Å². The summed E-state index contributed by atoms with van der Waals surface area (Å²) in [5.41, 5.74) is -1.74. The number of carbonyl (C=O) groups is 1. The lowest BCUT2D eigenvalue weighted by atomic mass is 9.47. The molecule has 3 rings (SSSR count). The highest BCUT2D eigenvalue weighted by Crippen LogP contribution is 2.62. The van der Waals surface area contributed by atoms with E-state index in [0.717, 1.165) is 12.0 Å². The van der Waals surface area contributed by atoms with Gasteiger partial charge < -0.3 is 14.9 Å². The number of carbonyl (C=O) groups excluding carboxylic acids is 1. The summed E-state index contributed by atoms with van der Waals surface area (Å²) in [6, 6.07) is 0. The van der Waals surface area contributed by atoms with E-state index in [1.54, 1.807) is 13.0 Å². The minimum absolute atomic E-state index is 0.0371. The summed E-state index contributed by atoms with van der Waals surface area (Å²) in [6.45, 7) is 13.6. The van der Waals surface area contributed by atoms with Gasteiger partial charge >= 0.3 is 0 Å². The van der Waals surface area contributed by atoms with Crippen LogP contribution in [0.4, 0.5) is 0 Å². The minimum Gasteiger partial charge on any atom is -0.392 e. The maximum absolute atomic E-state index is 13.2. The Kier molecular flexibility index (Phi) is 3.74. The van der Waals surface area contributed by atoms with Crippen LogP contribution in [0.25, 0.3) is 0 Å². The molecular formula is C20H30O4. The first-order valence-corrected chi connectivity index (χ1v) is 8.86. The summed E-state index contributed by atoms with van der Waals surface area (Å²) in [4.78, 5) is 13.2. The first-order chi connectivity index (χ1) is 10.9. The highest BCUT2D eigenvalue weighted by atomic mass is 16.5. The first-order valence-electron chi connectivity index (χ1n) is 8.86. The Morgan fingerprint density at radius 3 is 2.46 bits per heavy atom. The monoisotopic (exact) mass is 334 g/mol. The van der Waals surface area contributed by atoms with Crippen LogP contribution in [0.2, 0.25) is 0 Å². The summed E-state index contributed by atoms with van der Waals surface area (Å²) in [7, 11) is 0. The molecule has 2 N–H and O–H groups in total. The Morgan fingerprint density at radius 2 is 1.88 bits per heavy atom. The number of Topliss-reactive ketones (excluding diaryl/α,β-unsaturated/α-hetero) is 1. The van der Waals surface area contributed by atoms with Gasteiger partial charge in [0.1, 0.15) is 17.5 Å². The second-order valence-corrected chi connectivity index (χ2v) is 9.13. The summed E-state index contributed by atoms with van der Waals surface area (Å²) >= 11 is 0. The van der Waals surface area contributed by atoms with Gasteiger partial charge in [-0.25, -0.2) is 0 Å². The maximum atomic E-state index is 13.2. The van der Waals surface area contributed by atoms with Crippen LogP contribution < -0.4 is 0 Å². The summed E-state index contributed by atoms with van der Waals surface area (Å²) in [5.74, 6) is -0.530. The Morgan fingerprint density at radius 1 is 1.25 bits per heavy atom. The molecular weight excluding hydrogens is 304 g/mol. The molecule has 2 fully saturated rings. The van der Waals surface area contributed by atoms with Crippen molar-refractivity contribution >= 4 is 5.78 Å². The van der Waals surface area contributed by atoms with Crippen molar-refractivity contribution in [3.05, 3.63) is 24.3 Å². The van der Waals surface area contributed by atoms with Crippen molar-refractivity contribution in [2.75, 3.05) is 0 Å². The van der Waals surface area contributed by atoms with Crippen molar-refractivity contribution < 1.29 is 19.7 Å². The molecule has 0 aromatic carbocycles. The molecule has 1 heterocycles. The maximum Gasteiger partial charge on any atom is 0.143 e. The number of ketones is 1. The number of aliphatic hydroxyl groups excluding tert-OH is 2. The van der Waals surface area contributed by atoms with Gasteiger partial charge in [0, 0.05) is 11.8 Å². The Labute approximate surface area is 144 Å². The lowest BCUT2D eigenvalue weighted by molar-refractivity contribution is -0.242. The lowest BCUT2D eigenvalue weighted by Gasteiger charge is -2.62. The minimum atomic E-state index is -1.06. The number of rotatable bonds is 1. The predicted octanol–water partition coefficient (Wildman–Crippen LogP) is 2.78. The van der Waals surface area contributed by atoms with Crippen LogP contribution in [0.3, 0.4) is 0 Å². The van der Waals surface area contributed by atoms with Crippen molar-refractivity contribution in [3.63, 3.8) is 0 Å². The molecule has 0 radical (unpaired) electrons. The summed E-state index contributed by atoms with van der Waals surface area (Å²) < 4.78 is 6.28. The van der Waals surface area contributed by atoms with E-state index in [0.29, 0.717) is 6.42 Å². The van der Waals surface area contributed by atoms with Gasteiger partial charge in [-0.3, -0.25) is 4.79 Å².